The molecule has 0 saturated carbocycles. The van der Waals surface area contributed by atoms with Crippen molar-refractivity contribution in [3.05, 3.63) is 29.3 Å². The number of rotatable bonds is 6. The summed E-state index contributed by atoms with van der Waals surface area (Å²) in [5.74, 6) is 0.871. The van der Waals surface area contributed by atoms with Gasteiger partial charge in [-0.05, 0) is 25.0 Å². The fourth-order valence-corrected chi connectivity index (χ4v) is 2.54. The highest BCUT2D eigenvalue weighted by Crippen LogP contribution is 2.29. The third-order valence-electron chi connectivity index (χ3n) is 2.75. The second kappa shape index (κ2) is 6.63. The van der Waals surface area contributed by atoms with Crippen LogP contribution in [0.5, 0.6) is 5.75 Å². The lowest BCUT2D eigenvalue weighted by Gasteiger charge is -2.05. The van der Waals surface area contributed by atoms with E-state index in [1.54, 1.807) is 11.3 Å². The fourth-order valence-electron chi connectivity index (χ4n) is 1.61. The molecule has 0 fully saturated rings. The highest BCUT2D eigenvalue weighted by molar-refractivity contribution is 7.14. The van der Waals surface area contributed by atoms with Gasteiger partial charge in [-0.3, -0.25) is 0 Å². The molecule has 0 aliphatic heterocycles. The first kappa shape index (κ1) is 14.0. The summed E-state index contributed by atoms with van der Waals surface area (Å²) in [6.07, 6.45) is 1.87. The largest absolute Gasteiger partial charge is 0.494 e. The van der Waals surface area contributed by atoms with Gasteiger partial charge in [0.1, 0.15) is 15.8 Å². The van der Waals surface area contributed by atoms with Gasteiger partial charge in [0.15, 0.2) is 0 Å². The van der Waals surface area contributed by atoms with Crippen molar-refractivity contribution in [1.29, 1.82) is 0 Å². The molecule has 4 nitrogen and oxygen atoms in total. The van der Waals surface area contributed by atoms with Gasteiger partial charge in [-0.2, -0.15) is 0 Å². The summed E-state index contributed by atoms with van der Waals surface area (Å²) < 4.78 is 5.62. The molecule has 0 bridgehead atoms. The molecular weight excluding hydrogens is 258 g/mol. The third kappa shape index (κ3) is 3.52. The average Bonchev–Trinajstić information content (AvgIpc) is 2.94. The molecule has 0 radical (unpaired) electrons. The molecule has 19 heavy (non-hydrogen) atoms. The van der Waals surface area contributed by atoms with E-state index in [1.165, 1.54) is 0 Å². The smallest absolute Gasteiger partial charge is 0.147 e. The summed E-state index contributed by atoms with van der Waals surface area (Å²) in [7, 11) is 0. The number of benzene rings is 1. The van der Waals surface area contributed by atoms with E-state index in [-0.39, 0.29) is 6.04 Å². The molecule has 5 heteroatoms. The van der Waals surface area contributed by atoms with Gasteiger partial charge in [0, 0.05) is 5.56 Å². The van der Waals surface area contributed by atoms with E-state index in [2.05, 4.69) is 17.1 Å². The predicted octanol–water partition coefficient (Wildman–Crippen LogP) is 3.40. The van der Waals surface area contributed by atoms with Crippen LogP contribution in [0.25, 0.3) is 10.6 Å². The minimum atomic E-state index is -0.0224. The number of nitrogens with zero attached hydrogens (tertiary/aromatic N) is 2. The first-order valence-corrected chi connectivity index (χ1v) is 7.38. The quantitative estimate of drug-likeness (QED) is 0.879. The van der Waals surface area contributed by atoms with Crippen LogP contribution < -0.4 is 10.5 Å². The Morgan fingerprint density at radius 2 is 2.16 bits per heavy atom. The Hall–Kier alpha value is -1.46. The van der Waals surface area contributed by atoms with Crippen molar-refractivity contribution in [2.75, 3.05) is 6.61 Å². The molecule has 2 aromatic rings. The summed E-state index contributed by atoms with van der Waals surface area (Å²) >= 11 is 1.55. The van der Waals surface area contributed by atoms with Gasteiger partial charge in [-0.25, -0.2) is 0 Å². The summed E-state index contributed by atoms with van der Waals surface area (Å²) in [6, 6.07) is 7.92. The molecule has 1 atom stereocenters. The molecule has 1 aromatic carbocycles. The van der Waals surface area contributed by atoms with Crippen molar-refractivity contribution in [3.63, 3.8) is 0 Å². The van der Waals surface area contributed by atoms with E-state index in [4.69, 9.17) is 10.5 Å². The normalized spacial score (nSPS) is 12.4. The third-order valence-corrected chi connectivity index (χ3v) is 3.86. The van der Waals surface area contributed by atoms with E-state index in [0.29, 0.717) is 0 Å². The maximum atomic E-state index is 5.96. The second-order valence-corrected chi connectivity index (χ2v) is 5.35. The Kier molecular flexibility index (Phi) is 4.87. The zero-order valence-electron chi connectivity index (χ0n) is 11.3. The maximum Gasteiger partial charge on any atom is 0.147 e. The van der Waals surface area contributed by atoms with Crippen molar-refractivity contribution in [2.24, 2.45) is 5.73 Å². The molecule has 0 aliphatic rings. The van der Waals surface area contributed by atoms with E-state index in [0.717, 1.165) is 40.8 Å². The molecule has 1 heterocycles. The van der Waals surface area contributed by atoms with E-state index in [1.807, 2.05) is 31.2 Å². The number of nitrogens with two attached hydrogens (primary N) is 1. The van der Waals surface area contributed by atoms with E-state index >= 15 is 0 Å². The number of ether oxygens (including phenoxy) is 1. The Bertz CT molecular complexity index is 527. The van der Waals surface area contributed by atoms with E-state index < -0.39 is 0 Å². The summed E-state index contributed by atoms with van der Waals surface area (Å²) in [4.78, 5) is 0. The first-order valence-electron chi connectivity index (χ1n) is 6.56. The highest BCUT2D eigenvalue weighted by atomic mass is 32.1. The Morgan fingerprint density at radius 3 is 2.89 bits per heavy atom. The molecule has 2 N–H and O–H groups in total. The Morgan fingerprint density at radius 1 is 1.32 bits per heavy atom. The van der Waals surface area contributed by atoms with Crippen LogP contribution in [0, 0.1) is 0 Å². The number of aromatic nitrogens is 2. The molecule has 0 amide bonds. The Balaban J connectivity index is 2.19. The second-order valence-electron chi connectivity index (χ2n) is 4.34. The van der Waals surface area contributed by atoms with Gasteiger partial charge in [-0.15, -0.1) is 10.2 Å². The topological polar surface area (TPSA) is 61.0 Å². The van der Waals surface area contributed by atoms with Crippen LogP contribution in [-0.2, 0) is 0 Å². The minimum absolute atomic E-state index is 0.0224. The van der Waals surface area contributed by atoms with Gasteiger partial charge in [0.25, 0.3) is 0 Å². The maximum absolute atomic E-state index is 5.96. The van der Waals surface area contributed by atoms with Crippen molar-refractivity contribution in [3.8, 4) is 16.3 Å². The summed E-state index contributed by atoms with van der Waals surface area (Å²) in [5.41, 5.74) is 6.99. The van der Waals surface area contributed by atoms with Gasteiger partial charge >= 0.3 is 0 Å². The molecule has 1 aromatic heterocycles. The zero-order chi connectivity index (χ0) is 13.7. The van der Waals surface area contributed by atoms with Crippen molar-refractivity contribution < 1.29 is 4.74 Å². The van der Waals surface area contributed by atoms with Crippen molar-refractivity contribution >= 4 is 11.3 Å². The first-order chi connectivity index (χ1) is 9.24. The van der Waals surface area contributed by atoms with Crippen molar-refractivity contribution in [2.45, 2.75) is 32.7 Å². The monoisotopic (exact) mass is 277 g/mol. The standard InChI is InChI=1S/C14H19N3OS/c1-3-8-18-11-7-5-6-10(9-11)13-16-17-14(19-13)12(15)4-2/h5-7,9,12H,3-4,8,15H2,1-2H3. The van der Waals surface area contributed by atoms with Crippen LogP contribution in [0.1, 0.15) is 37.7 Å². The van der Waals surface area contributed by atoms with Crippen LogP contribution in [-0.4, -0.2) is 16.8 Å². The fraction of sp³-hybridized carbons (Fsp3) is 0.429. The van der Waals surface area contributed by atoms with Gasteiger partial charge in [-0.1, -0.05) is 37.3 Å². The van der Waals surface area contributed by atoms with E-state index in [9.17, 15) is 0 Å². The Labute approximate surface area is 117 Å². The van der Waals surface area contributed by atoms with Gasteiger partial charge < -0.3 is 10.5 Å². The SMILES string of the molecule is CCCOc1cccc(-c2nnc(C(N)CC)s2)c1. The summed E-state index contributed by atoms with van der Waals surface area (Å²) in [5, 5.41) is 10.1. The molecule has 102 valence electrons. The van der Waals surface area contributed by atoms with Crippen LogP contribution in [0.15, 0.2) is 24.3 Å². The average molecular weight is 277 g/mol. The van der Waals surface area contributed by atoms with Crippen LogP contribution in [0.3, 0.4) is 0 Å². The molecule has 2 rings (SSSR count). The molecule has 0 spiro atoms. The lowest BCUT2D eigenvalue weighted by atomic mass is 10.2. The zero-order valence-corrected chi connectivity index (χ0v) is 12.1. The lowest BCUT2D eigenvalue weighted by molar-refractivity contribution is 0.317. The molecule has 1 unspecified atom stereocenters. The van der Waals surface area contributed by atoms with Gasteiger partial charge in [0.05, 0.1) is 12.6 Å². The molecule has 0 saturated heterocycles. The van der Waals surface area contributed by atoms with Crippen molar-refractivity contribution in [1.82, 2.24) is 10.2 Å². The number of hydrogen-bond acceptors (Lipinski definition) is 5. The van der Waals surface area contributed by atoms with Crippen LogP contribution in [0.2, 0.25) is 0 Å². The number of hydrogen-bond donors (Lipinski definition) is 1. The lowest BCUT2D eigenvalue weighted by Crippen LogP contribution is -2.07. The molecule has 0 aliphatic carbocycles. The summed E-state index contributed by atoms with van der Waals surface area (Å²) in [6.45, 7) is 4.86. The van der Waals surface area contributed by atoms with Crippen LogP contribution >= 0.6 is 11.3 Å². The minimum Gasteiger partial charge on any atom is -0.494 e. The highest BCUT2D eigenvalue weighted by Gasteiger charge is 2.12. The van der Waals surface area contributed by atoms with Crippen LogP contribution in [0.4, 0.5) is 0 Å². The molecular formula is C14H19N3OS. The van der Waals surface area contributed by atoms with Gasteiger partial charge in [0.2, 0.25) is 0 Å². The predicted molar refractivity (Wildman–Crippen MR) is 78.4 cm³/mol.